The SMILES string of the molecule is CN=C(NCCc1cc2ccccc2o1)NCc1cc(OC)c(OC)c(OC)c1.I. The number of furan rings is 1. The summed E-state index contributed by atoms with van der Waals surface area (Å²) >= 11 is 0. The Bertz CT molecular complexity index is 929. The van der Waals surface area contributed by atoms with Gasteiger partial charge in [0.2, 0.25) is 5.75 Å². The van der Waals surface area contributed by atoms with Crippen molar-refractivity contribution in [3.8, 4) is 17.2 Å². The lowest BCUT2D eigenvalue weighted by molar-refractivity contribution is 0.323. The van der Waals surface area contributed by atoms with Gasteiger partial charge in [-0.1, -0.05) is 18.2 Å². The minimum atomic E-state index is 0. The second kappa shape index (κ2) is 11.5. The van der Waals surface area contributed by atoms with E-state index in [1.807, 2.05) is 36.4 Å². The Morgan fingerprint density at radius 2 is 1.67 bits per heavy atom. The number of guanidine groups is 1. The fourth-order valence-electron chi connectivity index (χ4n) is 3.11. The van der Waals surface area contributed by atoms with Crippen molar-refractivity contribution in [1.29, 1.82) is 0 Å². The molecule has 0 fully saturated rings. The van der Waals surface area contributed by atoms with E-state index in [2.05, 4.69) is 21.7 Å². The van der Waals surface area contributed by atoms with Crippen molar-refractivity contribution in [2.75, 3.05) is 34.9 Å². The first-order valence-corrected chi connectivity index (χ1v) is 9.39. The summed E-state index contributed by atoms with van der Waals surface area (Å²) in [5.41, 5.74) is 1.90. The van der Waals surface area contributed by atoms with Gasteiger partial charge in [-0.25, -0.2) is 0 Å². The van der Waals surface area contributed by atoms with Crippen molar-refractivity contribution in [3.63, 3.8) is 0 Å². The fraction of sp³-hybridized carbons (Fsp3) is 0.318. The zero-order valence-electron chi connectivity index (χ0n) is 17.7. The molecule has 0 saturated heterocycles. The third-order valence-corrected chi connectivity index (χ3v) is 4.55. The molecule has 0 aliphatic carbocycles. The van der Waals surface area contributed by atoms with Crippen LogP contribution in [0.1, 0.15) is 11.3 Å². The van der Waals surface area contributed by atoms with Crippen LogP contribution in [0.25, 0.3) is 11.0 Å². The zero-order valence-corrected chi connectivity index (χ0v) is 20.0. The molecule has 3 aromatic rings. The van der Waals surface area contributed by atoms with Gasteiger partial charge in [0.1, 0.15) is 11.3 Å². The quantitative estimate of drug-likeness (QED) is 0.263. The number of nitrogens with one attached hydrogen (secondary N) is 2. The Balaban J connectivity index is 0.00000320. The van der Waals surface area contributed by atoms with Crippen LogP contribution >= 0.6 is 24.0 Å². The first-order chi connectivity index (χ1) is 14.2. The lowest BCUT2D eigenvalue weighted by Crippen LogP contribution is -2.37. The van der Waals surface area contributed by atoms with Gasteiger partial charge in [-0.2, -0.15) is 0 Å². The predicted octanol–water partition coefficient (Wildman–Crippen LogP) is 3.98. The molecule has 0 saturated carbocycles. The summed E-state index contributed by atoms with van der Waals surface area (Å²) in [6.45, 7) is 1.26. The van der Waals surface area contributed by atoms with E-state index in [1.165, 1.54) is 0 Å². The Hall–Kier alpha value is -2.62. The number of methoxy groups -OCH3 is 3. The van der Waals surface area contributed by atoms with Gasteiger partial charge < -0.3 is 29.3 Å². The van der Waals surface area contributed by atoms with Crippen LogP contribution in [-0.2, 0) is 13.0 Å². The second-order valence-corrected chi connectivity index (χ2v) is 6.39. The van der Waals surface area contributed by atoms with Gasteiger partial charge in [0.25, 0.3) is 0 Å². The molecular formula is C22H28IN3O4. The lowest BCUT2D eigenvalue weighted by atomic mass is 10.2. The minimum absolute atomic E-state index is 0. The van der Waals surface area contributed by atoms with Gasteiger partial charge in [-0.3, -0.25) is 4.99 Å². The number of fused-ring (bicyclic) bond motifs is 1. The van der Waals surface area contributed by atoms with Crippen molar-refractivity contribution in [2.45, 2.75) is 13.0 Å². The summed E-state index contributed by atoms with van der Waals surface area (Å²) in [5.74, 6) is 3.47. The molecule has 7 nitrogen and oxygen atoms in total. The Morgan fingerprint density at radius 3 is 2.27 bits per heavy atom. The highest BCUT2D eigenvalue weighted by molar-refractivity contribution is 14.0. The van der Waals surface area contributed by atoms with E-state index < -0.39 is 0 Å². The van der Waals surface area contributed by atoms with Gasteiger partial charge in [0.15, 0.2) is 17.5 Å². The van der Waals surface area contributed by atoms with Gasteiger partial charge in [0, 0.05) is 31.9 Å². The highest BCUT2D eigenvalue weighted by atomic mass is 127. The minimum Gasteiger partial charge on any atom is -0.493 e. The van der Waals surface area contributed by atoms with E-state index in [0.29, 0.717) is 36.3 Å². The van der Waals surface area contributed by atoms with Crippen molar-refractivity contribution in [3.05, 3.63) is 53.8 Å². The monoisotopic (exact) mass is 525 g/mol. The standard InChI is InChI=1S/C22H27N3O4.HI/c1-23-22(24-10-9-17-13-16-7-5-6-8-18(16)29-17)25-14-15-11-19(26-2)21(28-4)20(12-15)27-3;/h5-8,11-13H,9-10,14H2,1-4H3,(H2,23,24,25);1H. The number of hydrogen-bond donors (Lipinski definition) is 2. The summed E-state index contributed by atoms with van der Waals surface area (Å²) in [4.78, 5) is 4.27. The number of ether oxygens (including phenoxy) is 3. The first-order valence-electron chi connectivity index (χ1n) is 9.39. The van der Waals surface area contributed by atoms with Gasteiger partial charge in [-0.15, -0.1) is 24.0 Å². The molecular weight excluding hydrogens is 497 g/mol. The van der Waals surface area contributed by atoms with Crippen molar-refractivity contribution in [2.24, 2.45) is 4.99 Å². The van der Waals surface area contributed by atoms with E-state index in [1.54, 1.807) is 28.4 Å². The summed E-state index contributed by atoms with van der Waals surface area (Å²) in [7, 11) is 6.54. The van der Waals surface area contributed by atoms with Crippen molar-refractivity contribution >= 4 is 40.9 Å². The number of para-hydroxylation sites is 1. The molecule has 2 N–H and O–H groups in total. The molecule has 0 spiro atoms. The Labute approximate surface area is 193 Å². The molecule has 3 rings (SSSR count). The van der Waals surface area contributed by atoms with Crippen LogP contribution in [-0.4, -0.2) is 40.9 Å². The molecule has 162 valence electrons. The van der Waals surface area contributed by atoms with E-state index >= 15 is 0 Å². The van der Waals surface area contributed by atoms with E-state index in [0.717, 1.165) is 28.7 Å². The topological polar surface area (TPSA) is 77.3 Å². The van der Waals surface area contributed by atoms with Crippen LogP contribution in [0.2, 0.25) is 0 Å². The number of benzene rings is 2. The number of aliphatic imine (C=N–C) groups is 1. The molecule has 1 heterocycles. The molecule has 0 aliphatic rings. The van der Waals surface area contributed by atoms with E-state index in [4.69, 9.17) is 18.6 Å². The first kappa shape index (κ1) is 23.7. The number of rotatable bonds is 8. The highest BCUT2D eigenvalue weighted by Crippen LogP contribution is 2.38. The maximum Gasteiger partial charge on any atom is 0.203 e. The third-order valence-electron chi connectivity index (χ3n) is 4.55. The maximum atomic E-state index is 5.85. The van der Waals surface area contributed by atoms with Crippen LogP contribution in [0, 0.1) is 0 Å². The Morgan fingerprint density at radius 1 is 0.967 bits per heavy atom. The summed E-state index contributed by atoms with van der Waals surface area (Å²) in [5, 5.41) is 7.72. The van der Waals surface area contributed by atoms with Crippen LogP contribution in [0.4, 0.5) is 0 Å². The molecule has 1 aromatic heterocycles. The number of nitrogens with zero attached hydrogens (tertiary/aromatic N) is 1. The van der Waals surface area contributed by atoms with Crippen LogP contribution in [0.3, 0.4) is 0 Å². The highest BCUT2D eigenvalue weighted by Gasteiger charge is 2.13. The molecule has 0 unspecified atom stereocenters. The average molecular weight is 525 g/mol. The van der Waals surface area contributed by atoms with Crippen LogP contribution < -0.4 is 24.8 Å². The van der Waals surface area contributed by atoms with E-state index in [9.17, 15) is 0 Å². The molecule has 0 aliphatic heterocycles. The third kappa shape index (κ3) is 5.71. The molecule has 30 heavy (non-hydrogen) atoms. The Kier molecular flexibility index (Phi) is 9.10. The molecule has 2 aromatic carbocycles. The normalized spacial score (nSPS) is 11.0. The van der Waals surface area contributed by atoms with E-state index in [-0.39, 0.29) is 24.0 Å². The maximum absolute atomic E-state index is 5.85. The average Bonchev–Trinajstić information content (AvgIpc) is 3.17. The second-order valence-electron chi connectivity index (χ2n) is 6.39. The van der Waals surface area contributed by atoms with Crippen molar-refractivity contribution in [1.82, 2.24) is 10.6 Å². The predicted molar refractivity (Wildman–Crippen MR) is 130 cm³/mol. The summed E-state index contributed by atoms with van der Waals surface area (Å²) < 4.78 is 22.0. The fourth-order valence-corrected chi connectivity index (χ4v) is 3.11. The number of halogens is 1. The van der Waals surface area contributed by atoms with Gasteiger partial charge >= 0.3 is 0 Å². The van der Waals surface area contributed by atoms with Crippen molar-refractivity contribution < 1.29 is 18.6 Å². The zero-order chi connectivity index (χ0) is 20.6. The van der Waals surface area contributed by atoms with Gasteiger partial charge in [0.05, 0.1) is 21.3 Å². The van der Waals surface area contributed by atoms with Crippen LogP contribution in [0.15, 0.2) is 51.9 Å². The summed E-state index contributed by atoms with van der Waals surface area (Å²) in [6, 6.07) is 13.9. The molecule has 0 atom stereocenters. The van der Waals surface area contributed by atoms with Gasteiger partial charge in [-0.05, 0) is 29.8 Å². The molecule has 8 heteroatoms. The lowest BCUT2D eigenvalue weighted by Gasteiger charge is -2.15. The largest absolute Gasteiger partial charge is 0.493 e. The molecule has 0 radical (unpaired) electrons. The molecule has 0 amide bonds. The summed E-state index contributed by atoms with van der Waals surface area (Å²) in [6.07, 6.45) is 0.763. The van der Waals surface area contributed by atoms with Crippen LogP contribution in [0.5, 0.6) is 17.2 Å². The number of hydrogen-bond acceptors (Lipinski definition) is 5. The molecule has 0 bridgehead atoms. The smallest absolute Gasteiger partial charge is 0.203 e.